The molecule has 0 bridgehead atoms. The molecule has 9 heteroatoms. The normalized spacial score (nSPS) is 17.7. The molecule has 1 amide bonds. The summed E-state index contributed by atoms with van der Waals surface area (Å²) in [5, 5.41) is 13.1. The number of hydrogen-bond acceptors (Lipinski definition) is 6. The third-order valence-corrected chi connectivity index (χ3v) is 5.21. The maximum atomic E-state index is 14.2. The van der Waals surface area contributed by atoms with E-state index in [9.17, 15) is 13.6 Å². The van der Waals surface area contributed by atoms with E-state index in [0.717, 1.165) is 17.8 Å². The number of carbonyl (C=O) groups is 1. The molecule has 7 nitrogen and oxygen atoms in total. The van der Waals surface area contributed by atoms with Gasteiger partial charge >= 0.3 is 6.09 Å². The Morgan fingerprint density at radius 2 is 1.83 bits per heavy atom. The maximum absolute atomic E-state index is 14.2. The number of rotatable bonds is 4. The van der Waals surface area contributed by atoms with Gasteiger partial charge in [-0.25, -0.2) is 13.6 Å². The number of anilines is 1. The molecule has 1 aromatic rings. The van der Waals surface area contributed by atoms with Crippen LogP contribution in [0.5, 0.6) is 0 Å². The quantitative estimate of drug-likeness (QED) is 0.692. The molecule has 0 unspecified atom stereocenters. The van der Waals surface area contributed by atoms with E-state index in [1.54, 1.807) is 15.9 Å². The molecule has 0 spiro atoms. The molecular weight excluding hydrogens is 394 g/mol. The predicted molar refractivity (Wildman–Crippen MR) is 107 cm³/mol. The minimum Gasteiger partial charge on any atom is -0.447 e. The number of likely N-dealkylation sites (tertiary alicyclic amines) is 1. The van der Waals surface area contributed by atoms with Gasteiger partial charge in [0, 0.05) is 57.9 Å². The van der Waals surface area contributed by atoms with Crippen LogP contribution in [0.1, 0.15) is 45.1 Å². The minimum absolute atomic E-state index is 0.0521. The van der Waals surface area contributed by atoms with Crippen molar-refractivity contribution >= 4 is 17.5 Å². The van der Waals surface area contributed by atoms with Gasteiger partial charge in [-0.15, -0.1) is 0 Å². The van der Waals surface area contributed by atoms with Gasteiger partial charge in [0.2, 0.25) is 0 Å². The zero-order valence-corrected chi connectivity index (χ0v) is 17.2. The van der Waals surface area contributed by atoms with Crippen molar-refractivity contribution in [1.82, 2.24) is 4.90 Å². The predicted octanol–water partition coefficient (Wildman–Crippen LogP) is 3.82. The summed E-state index contributed by atoms with van der Waals surface area (Å²) in [5.41, 5.74) is 0.738. The Kier molecular flexibility index (Phi) is 7.08. The highest BCUT2D eigenvalue weighted by molar-refractivity contribution is 5.86. The van der Waals surface area contributed by atoms with Crippen molar-refractivity contribution in [3.8, 4) is 6.07 Å². The van der Waals surface area contributed by atoms with Crippen LogP contribution in [0.2, 0.25) is 0 Å². The van der Waals surface area contributed by atoms with Crippen molar-refractivity contribution in [2.24, 2.45) is 5.16 Å². The average Bonchev–Trinajstić information content (AvgIpc) is 2.74. The Morgan fingerprint density at radius 3 is 2.43 bits per heavy atom. The molecule has 162 valence electrons. The summed E-state index contributed by atoms with van der Waals surface area (Å²) in [5.74, 6) is -1.33. The molecule has 0 saturated carbocycles. The second-order valence-corrected chi connectivity index (χ2v) is 7.76. The summed E-state index contributed by atoms with van der Waals surface area (Å²) in [6.07, 6.45) is 2.05. The van der Waals surface area contributed by atoms with Crippen LogP contribution in [-0.4, -0.2) is 55.1 Å². The molecule has 2 aliphatic rings. The average molecular weight is 420 g/mol. The van der Waals surface area contributed by atoms with Crippen molar-refractivity contribution < 1.29 is 23.1 Å². The molecule has 0 radical (unpaired) electrons. The zero-order chi connectivity index (χ0) is 21.7. The number of carbonyl (C=O) groups excluding carboxylic acids is 1. The van der Waals surface area contributed by atoms with Gasteiger partial charge in [0.15, 0.2) is 0 Å². The lowest BCUT2D eigenvalue weighted by atomic mass is 10.1. The van der Waals surface area contributed by atoms with Crippen LogP contribution >= 0.6 is 0 Å². The van der Waals surface area contributed by atoms with Gasteiger partial charge in [-0.3, -0.25) is 0 Å². The van der Waals surface area contributed by atoms with E-state index in [-0.39, 0.29) is 29.6 Å². The number of ether oxygens (including phenoxy) is 1. The molecule has 1 aromatic carbocycles. The largest absolute Gasteiger partial charge is 0.447 e. The number of halogens is 2. The summed E-state index contributed by atoms with van der Waals surface area (Å²) >= 11 is 0. The van der Waals surface area contributed by atoms with Gasteiger partial charge in [0.05, 0.1) is 23.1 Å². The van der Waals surface area contributed by atoms with E-state index in [1.807, 2.05) is 13.8 Å². The van der Waals surface area contributed by atoms with Crippen LogP contribution in [0.15, 0.2) is 17.3 Å². The van der Waals surface area contributed by atoms with Crippen LogP contribution in [0, 0.1) is 23.0 Å². The topological polar surface area (TPSA) is 78.2 Å². The maximum Gasteiger partial charge on any atom is 0.410 e. The monoisotopic (exact) mass is 420 g/mol. The van der Waals surface area contributed by atoms with E-state index in [1.165, 1.54) is 0 Å². The van der Waals surface area contributed by atoms with Crippen molar-refractivity contribution in [2.45, 2.75) is 51.7 Å². The van der Waals surface area contributed by atoms with Gasteiger partial charge in [-0.1, -0.05) is 5.16 Å². The summed E-state index contributed by atoms with van der Waals surface area (Å²) in [7, 11) is 0. The summed E-state index contributed by atoms with van der Waals surface area (Å²) in [6, 6.07) is 3.65. The van der Waals surface area contributed by atoms with Gasteiger partial charge in [-0.05, 0) is 19.9 Å². The molecular formula is C21H26F2N4O3. The standard InChI is InChI=1S/C21H26F2N4O3/c1-14(2)29-21(28)27-9-5-17(6-10-27)30-25-16-3-7-26(8-4-16)20-12-18(22)15(13-24)11-19(20)23/h11-12,14,17H,3-10H2,1-2H3. The molecule has 0 atom stereocenters. The fourth-order valence-corrected chi connectivity index (χ4v) is 3.53. The molecule has 0 N–H and O–H groups in total. The smallest absolute Gasteiger partial charge is 0.410 e. The van der Waals surface area contributed by atoms with E-state index in [0.29, 0.717) is 51.9 Å². The van der Waals surface area contributed by atoms with E-state index in [4.69, 9.17) is 14.8 Å². The van der Waals surface area contributed by atoms with Crippen molar-refractivity contribution in [2.75, 3.05) is 31.1 Å². The van der Waals surface area contributed by atoms with Gasteiger partial charge in [0.25, 0.3) is 0 Å². The molecule has 3 rings (SSSR count). The first-order valence-corrected chi connectivity index (χ1v) is 10.2. The van der Waals surface area contributed by atoms with Crippen LogP contribution in [-0.2, 0) is 9.57 Å². The van der Waals surface area contributed by atoms with Gasteiger partial charge < -0.3 is 19.4 Å². The first-order chi connectivity index (χ1) is 14.4. The Morgan fingerprint density at radius 1 is 1.17 bits per heavy atom. The van der Waals surface area contributed by atoms with E-state index in [2.05, 4.69) is 5.16 Å². The lowest BCUT2D eigenvalue weighted by Crippen LogP contribution is -2.41. The Balaban J connectivity index is 1.47. The van der Waals surface area contributed by atoms with Crippen molar-refractivity contribution in [1.29, 1.82) is 5.26 Å². The summed E-state index contributed by atoms with van der Waals surface area (Å²) in [6.45, 7) is 5.76. The van der Waals surface area contributed by atoms with Crippen LogP contribution < -0.4 is 4.90 Å². The molecule has 2 fully saturated rings. The Bertz CT molecular complexity index is 835. The Hall–Kier alpha value is -2.89. The number of oxime groups is 1. The molecule has 0 aromatic heterocycles. The van der Waals surface area contributed by atoms with Crippen molar-refractivity contribution in [3.05, 3.63) is 29.3 Å². The molecule has 30 heavy (non-hydrogen) atoms. The van der Waals surface area contributed by atoms with Gasteiger partial charge in [0.1, 0.15) is 23.8 Å². The first kappa shape index (κ1) is 21.8. The number of amides is 1. The number of piperidine rings is 2. The highest BCUT2D eigenvalue weighted by atomic mass is 19.1. The third-order valence-electron chi connectivity index (χ3n) is 5.21. The first-order valence-electron chi connectivity index (χ1n) is 10.2. The summed E-state index contributed by atoms with van der Waals surface area (Å²) < 4.78 is 33.2. The lowest BCUT2D eigenvalue weighted by Gasteiger charge is -2.32. The number of benzene rings is 1. The number of hydrogen-bond donors (Lipinski definition) is 0. The lowest BCUT2D eigenvalue weighted by molar-refractivity contribution is 0.00415. The number of nitrogens with zero attached hydrogens (tertiary/aromatic N) is 4. The van der Waals surface area contributed by atoms with Crippen LogP contribution in [0.25, 0.3) is 0 Å². The molecule has 2 aliphatic heterocycles. The highest BCUT2D eigenvalue weighted by Crippen LogP contribution is 2.26. The SMILES string of the molecule is CC(C)OC(=O)N1CCC(ON=C2CCN(c3cc(F)c(C#N)cc3F)CC2)CC1. The van der Waals surface area contributed by atoms with E-state index >= 15 is 0 Å². The van der Waals surface area contributed by atoms with E-state index < -0.39 is 11.6 Å². The molecule has 2 saturated heterocycles. The highest BCUT2D eigenvalue weighted by Gasteiger charge is 2.26. The molecule has 2 heterocycles. The third kappa shape index (κ3) is 5.38. The second kappa shape index (κ2) is 9.74. The number of nitriles is 1. The minimum atomic E-state index is -0.722. The van der Waals surface area contributed by atoms with Gasteiger partial charge in [-0.2, -0.15) is 5.26 Å². The Labute approximate surface area is 174 Å². The fourth-order valence-electron chi connectivity index (χ4n) is 3.53. The zero-order valence-electron chi connectivity index (χ0n) is 17.2. The fraction of sp³-hybridized carbons (Fsp3) is 0.571. The van der Waals surface area contributed by atoms with Crippen LogP contribution in [0.4, 0.5) is 19.3 Å². The van der Waals surface area contributed by atoms with Crippen LogP contribution in [0.3, 0.4) is 0 Å². The second-order valence-electron chi connectivity index (χ2n) is 7.76. The summed E-state index contributed by atoms with van der Waals surface area (Å²) in [4.78, 5) is 21.0. The van der Waals surface area contributed by atoms with Crippen molar-refractivity contribution in [3.63, 3.8) is 0 Å². The molecule has 0 aliphatic carbocycles.